The van der Waals surface area contributed by atoms with Crippen molar-refractivity contribution in [2.24, 2.45) is 0 Å². The van der Waals surface area contributed by atoms with Crippen LogP contribution in [0.2, 0.25) is 0 Å². The molecule has 2 heteroatoms. The maximum Gasteiger partial charge on any atom is 0.0713 e. The van der Waals surface area contributed by atoms with Crippen molar-refractivity contribution in [2.75, 3.05) is 12.5 Å². The molecule has 0 aliphatic heterocycles. The van der Waals surface area contributed by atoms with E-state index in [1.54, 1.807) is 0 Å². The van der Waals surface area contributed by atoms with Crippen LogP contribution in [0.3, 0.4) is 0 Å². The summed E-state index contributed by atoms with van der Waals surface area (Å²) in [7, 11) is 0. The lowest BCUT2D eigenvalue weighted by Crippen LogP contribution is -2.12. The second-order valence-corrected chi connectivity index (χ2v) is 4.94. The maximum atomic E-state index is 5.52. The van der Waals surface area contributed by atoms with Gasteiger partial charge in [-0.25, -0.2) is 0 Å². The van der Waals surface area contributed by atoms with Crippen LogP contribution >= 0.6 is 11.6 Å². The zero-order valence-electron chi connectivity index (χ0n) is 11.1. The summed E-state index contributed by atoms with van der Waals surface area (Å²) in [4.78, 5) is 0. The minimum Gasteiger partial charge on any atom is -0.304 e. The topological polar surface area (TPSA) is 12.0 Å². The molecule has 0 aromatic carbocycles. The summed E-state index contributed by atoms with van der Waals surface area (Å²) < 4.78 is 0. The van der Waals surface area contributed by atoms with Crippen molar-refractivity contribution in [1.82, 2.24) is 5.32 Å². The Labute approximate surface area is 107 Å². The Morgan fingerprint density at radius 2 is 1.12 bits per heavy atom. The van der Waals surface area contributed by atoms with Crippen molar-refractivity contribution in [3.8, 4) is 0 Å². The average molecular weight is 248 g/mol. The highest BCUT2D eigenvalue weighted by atomic mass is 35.5. The molecule has 0 radical (unpaired) electrons. The van der Waals surface area contributed by atoms with Crippen LogP contribution in [0.5, 0.6) is 0 Å². The fourth-order valence-electron chi connectivity index (χ4n) is 1.98. The van der Waals surface area contributed by atoms with Crippen molar-refractivity contribution in [3.05, 3.63) is 0 Å². The molecule has 16 heavy (non-hydrogen) atoms. The molecule has 0 unspecified atom stereocenters. The van der Waals surface area contributed by atoms with Gasteiger partial charge in [-0.1, -0.05) is 71.1 Å². The number of alkyl halides is 1. The van der Waals surface area contributed by atoms with E-state index < -0.39 is 0 Å². The van der Waals surface area contributed by atoms with E-state index >= 15 is 0 Å². The summed E-state index contributed by atoms with van der Waals surface area (Å²) in [5, 5.41) is 3.14. The third-order valence-corrected chi connectivity index (χ3v) is 3.24. The molecule has 0 aliphatic rings. The summed E-state index contributed by atoms with van der Waals surface area (Å²) in [6.45, 7) is 3.36. The SMILES string of the molecule is CCCCCCCCCCCCCNCCl. The Bertz CT molecular complexity index is 103. The Morgan fingerprint density at radius 1 is 0.688 bits per heavy atom. The third-order valence-electron chi connectivity index (χ3n) is 3.05. The number of hydrogen-bond acceptors (Lipinski definition) is 1. The van der Waals surface area contributed by atoms with Crippen LogP contribution in [-0.4, -0.2) is 12.5 Å². The quantitative estimate of drug-likeness (QED) is 0.272. The van der Waals surface area contributed by atoms with E-state index in [0.29, 0.717) is 6.00 Å². The molecule has 0 atom stereocenters. The number of halogens is 1. The predicted octanol–water partition coefficient (Wildman–Crippen LogP) is 5.08. The van der Waals surface area contributed by atoms with Crippen LogP contribution in [0.15, 0.2) is 0 Å². The van der Waals surface area contributed by atoms with E-state index in [1.807, 2.05) is 0 Å². The minimum absolute atomic E-state index is 0.595. The number of nitrogens with one attached hydrogen (secondary N) is 1. The smallest absolute Gasteiger partial charge is 0.0713 e. The van der Waals surface area contributed by atoms with Gasteiger partial charge in [-0.2, -0.15) is 0 Å². The molecule has 0 saturated heterocycles. The Morgan fingerprint density at radius 3 is 1.56 bits per heavy atom. The Hall–Kier alpha value is 0.250. The van der Waals surface area contributed by atoms with Gasteiger partial charge in [0.2, 0.25) is 0 Å². The largest absolute Gasteiger partial charge is 0.304 e. The summed E-state index contributed by atoms with van der Waals surface area (Å²) >= 11 is 5.52. The van der Waals surface area contributed by atoms with Gasteiger partial charge in [0.1, 0.15) is 0 Å². The molecular formula is C14H30ClN. The standard InChI is InChI=1S/C14H30ClN/c1-2-3-4-5-6-7-8-9-10-11-12-13-16-14-15/h16H,2-14H2,1H3. The van der Waals surface area contributed by atoms with Gasteiger partial charge in [0.25, 0.3) is 0 Å². The molecule has 0 fully saturated rings. The van der Waals surface area contributed by atoms with Crippen LogP contribution in [0.4, 0.5) is 0 Å². The molecule has 1 N–H and O–H groups in total. The van der Waals surface area contributed by atoms with E-state index in [2.05, 4.69) is 12.2 Å². The zero-order chi connectivity index (χ0) is 11.9. The molecule has 0 saturated carbocycles. The molecule has 0 amide bonds. The van der Waals surface area contributed by atoms with E-state index in [0.717, 1.165) is 6.54 Å². The van der Waals surface area contributed by atoms with Crippen molar-refractivity contribution in [2.45, 2.75) is 77.6 Å². The molecule has 0 aromatic rings. The lowest BCUT2D eigenvalue weighted by atomic mass is 10.1. The van der Waals surface area contributed by atoms with Gasteiger partial charge in [0.05, 0.1) is 6.00 Å². The van der Waals surface area contributed by atoms with Gasteiger partial charge in [-0.15, -0.1) is 11.6 Å². The van der Waals surface area contributed by atoms with E-state index in [9.17, 15) is 0 Å². The number of rotatable bonds is 13. The molecule has 0 spiro atoms. The first kappa shape index (κ1) is 16.2. The summed E-state index contributed by atoms with van der Waals surface area (Å²) in [6, 6.07) is 0.595. The molecule has 0 aliphatic carbocycles. The fraction of sp³-hybridized carbons (Fsp3) is 1.00. The van der Waals surface area contributed by atoms with Crippen molar-refractivity contribution in [3.63, 3.8) is 0 Å². The van der Waals surface area contributed by atoms with Crippen LogP contribution < -0.4 is 5.32 Å². The Balaban J connectivity index is 2.83. The van der Waals surface area contributed by atoms with Crippen LogP contribution in [0.25, 0.3) is 0 Å². The van der Waals surface area contributed by atoms with E-state index in [1.165, 1.54) is 70.6 Å². The van der Waals surface area contributed by atoms with Gasteiger partial charge in [0.15, 0.2) is 0 Å². The lowest BCUT2D eigenvalue weighted by molar-refractivity contribution is 0.544. The monoisotopic (exact) mass is 247 g/mol. The minimum atomic E-state index is 0.595. The molecule has 0 rings (SSSR count). The molecule has 0 bridgehead atoms. The highest BCUT2D eigenvalue weighted by Gasteiger charge is 1.92. The zero-order valence-corrected chi connectivity index (χ0v) is 11.8. The normalized spacial score (nSPS) is 10.9. The Kier molecular flexibility index (Phi) is 15.5. The average Bonchev–Trinajstić information content (AvgIpc) is 2.31. The summed E-state index contributed by atoms with van der Waals surface area (Å²) in [6.07, 6.45) is 15.5. The highest BCUT2D eigenvalue weighted by molar-refractivity contribution is 6.17. The van der Waals surface area contributed by atoms with Gasteiger partial charge >= 0.3 is 0 Å². The molecular weight excluding hydrogens is 218 g/mol. The van der Waals surface area contributed by atoms with Crippen molar-refractivity contribution in [1.29, 1.82) is 0 Å². The van der Waals surface area contributed by atoms with Crippen molar-refractivity contribution < 1.29 is 0 Å². The number of unbranched alkanes of at least 4 members (excludes halogenated alkanes) is 10. The second-order valence-electron chi connectivity index (χ2n) is 4.67. The van der Waals surface area contributed by atoms with Crippen LogP contribution in [0, 0.1) is 0 Å². The van der Waals surface area contributed by atoms with E-state index in [-0.39, 0.29) is 0 Å². The third kappa shape index (κ3) is 14.2. The molecule has 1 nitrogen and oxygen atoms in total. The summed E-state index contributed by atoms with van der Waals surface area (Å²) in [5.74, 6) is 0. The fourth-order valence-corrected chi connectivity index (χ4v) is 2.11. The molecule has 98 valence electrons. The van der Waals surface area contributed by atoms with Gasteiger partial charge in [-0.05, 0) is 13.0 Å². The predicted molar refractivity (Wildman–Crippen MR) is 75.2 cm³/mol. The summed E-state index contributed by atoms with van der Waals surface area (Å²) in [5.41, 5.74) is 0. The lowest BCUT2D eigenvalue weighted by Gasteiger charge is -2.02. The second kappa shape index (κ2) is 15.2. The first-order valence-corrected chi connectivity index (χ1v) is 7.72. The molecule has 0 aromatic heterocycles. The van der Waals surface area contributed by atoms with Crippen molar-refractivity contribution >= 4 is 11.6 Å². The molecule has 0 heterocycles. The first-order valence-electron chi connectivity index (χ1n) is 7.18. The van der Waals surface area contributed by atoms with Gasteiger partial charge in [0, 0.05) is 0 Å². The van der Waals surface area contributed by atoms with Gasteiger partial charge in [-0.3, -0.25) is 0 Å². The highest BCUT2D eigenvalue weighted by Crippen LogP contribution is 2.10. The van der Waals surface area contributed by atoms with Crippen LogP contribution in [0.1, 0.15) is 77.6 Å². The van der Waals surface area contributed by atoms with E-state index in [4.69, 9.17) is 11.6 Å². The van der Waals surface area contributed by atoms with Gasteiger partial charge < -0.3 is 5.32 Å². The maximum absolute atomic E-state index is 5.52. The number of hydrogen-bond donors (Lipinski definition) is 1. The van der Waals surface area contributed by atoms with Crippen LogP contribution in [-0.2, 0) is 0 Å². The first-order chi connectivity index (χ1) is 7.91.